The van der Waals surface area contributed by atoms with Crippen molar-refractivity contribution < 1.29 is 8.42 Å². The van der Waals surface area contributed by atoms with Crippen molar-refractivity contribution in [2.45, 2.75) is 24.7 Å². The summed E-state index contributed by atoms with van der Waals surface area (Å²) in [5, 5.41) is 0. The van der Waals surface area contributed by atoms with Crippen molar-refractivity contribution in [2.75, 3.05) is 12.8 Å². The molecule has 1 unspecified atom stereocenters. The number of aryl methyl sites for hydroxylation is 2. The molecular weight excluding hydrogens is 274 g/mol. The van der Waals surface area contributed by atoms with E-state index in [4.69, 9.17) is 5.73 Å². The third-order valence-electron chi connectivity index (χ3n) is 3.64. The average Bonchev–Trinajstić information content (AvgIpc) is 2.71. The van der Waals surface area contributed by atoms with Crippen molar-refractivity contribution in [1.82, 2.24) is 9.55 Å². The Balaban J connectivity index is 2.37. The Bertz CT molecular complexity index is 719. The van der Waals surface area contributed by atoms with E-state index in [0.717, 1.165) is 29.7 Å². The number of rotatable bonds is 5. The van der Waals surface area contributed by atoms with Gasteiger partial charge in [0.1, 0.15) is 5.82 Å². The Morgan fingerprint density at radius 2 is 2.10 bits per heavy atom. The van der Waals surface area contributed by atoms with Gasteiger partial charge in [0, 0.05) is 19.7 Å². The molecule has 0 amide bonds. The van der Waals surface area contributed by atoms with Gasteiger partial charge in [0.15, 0.2) is 9.84 Å². The van der Waals surface area contributed by atoms with Gasteiger partial charge in [-0.15, -0.1) is 0 Å². The van der Waals surface area contributed by atoms with Gasteiger partial charge < -0.3 is 10.3 Å². The molecule has 0 spiro atoms. The van der Waals surface area contributed by atoms with Gasteiger partial charge in [-0.1, -0.05) is 6.92 Å². The number of imidazole rings is 1. The number of fused-ring (bicyclic) bond motifs is 1. The number of benzene rings is 1. The van der Waals surface area contributed by atoms with Crippen molar-refractivity contribution in [3.8, 4) is 0 Å². The van der Waals surface area contributed by atoms with E-state index in [2.05, 4.69) is 11.9 Å². The maximum absolute atomic E-state index is 11.6. The summed E-state index contributed by atoms with van der Waals surface area (Å²) in [6, 6.07) is 5.08. The minimum Gasteiger partial charge on any atom is -0.331 e. The first kappa shape index (κ1) is 15.0. The Morgan fingerprint density at radius 1 is 1.40 bits per heavy atom. The molecule has 5 nitrogen and oxygen atoms in total. The minimum absolute atomic E-state index is 0.310. The van der Waals surface area contributed by atoms with Crippen LogP contribution in [0.3, 0.4) is 0 Å². The lowest BCUT2D eigenvalue weighted by Crippen LogP contribution is -2.12. The van der Waals surface area contributed by atoms with Crippen LogP contribution in [0.1, 0.15) is 19.2 Å². The van der Waals surface area contributed by atoms with Crippen LogP contribution in [0.15, 0.2) is 23.1 Å². The second-order valence-corrected chi connectivity index (χ2v) is 7.41. The highest BCUT2D eigenvalue weighted by Gasteiger charge is 2.13. The van der Waals surface area contributed by atoms with Crippen LogP contribution >= 0.6 is 0 Å². The van der Waals surface area contributed by atoms with Crippen LogP contribution in [0.2, 0.25) is 0 Å². The molecule has 1 aromatic carbocycles. The highest BCUT2D eigenvalue weighted by atomic mass is 32.2. The predicted octanol–water partition coefficient (Wildman–Crippen LogP) is 1.50. The summed E-state index contributed by atoms with van der Waals surface area (Å²) in [7, 11) is -1.24. The smallest absolute Gasteiger partial charge is 0.175 e. The molecule has 1 atom stereocenters. The SMILES string of the molecule is CC(CN)CCc1nc2cc(S(C)(=O)=O)ccc2n1C. The Hall–Kier alpha value is -1.40. The van der Waals surface area contributed by atoms with E-state index in [1.807, 2.05) is 17.7 Å². The molecule has 0 aliphatic rings. The highest BCUT2D eigenvalue weighted by Crippen LogP contribution is 2.20. The van der Waals surface area contributed by atoms with Gasteiger partial charge in [-0.25, -0.2) is 13.4 Å². The van der Waals surface area contributed by atoms with Crippen LogP contribution in [0, 0.1) is 5.92 Å². The molecule has 2 rings (SSSR count). The molecule has 0 bridgehead atoms. The van der Waals surface area contributed by atoms with Crippen LogP contribution in [-0.2, 0) is 23.3 Å². The van der Waals surface area contributed by atoms with Crippen LogP contribution in [0.25, 0.3) is 11.0 Å². The van der Waals surface area contributed by atoms with E-state index in [9.17, 15) is 8.42 Å². The number of hydrogen-bond donors (Lipinski definition) is 1. The van der Waals surface area contributed by atoms with Crippen molar-refractivity contribution in [2.24, 2.45) is 18.7 Å². The predicted molar refractivity (Wildman–Crippen MR) is 80.4 cm³/mol. The third-order valence-corrected chi connectivity index (χ3v) is 4.75. The zero-order valence-corrected chi connectivity index (χ0v) is 12.9. The summed E-state index contributed by atoms with van der Waals surface area (Å²) < 4.78 is 25.2. The quantitative estimate of drug-likeness (QED) is 0.907. The van der Waals surface area contributed by atoms with Gasteiger partial charge in [0.2, 0.25) is 0 Å². The fourth-order valence-electron chi connectivity index (χ4n) is 2.18. The maximum Gasteiger partial charge on any atom is 0.175 e. The van der Waals surface area contributed by atoms with Gasteiger partial charge in [-0.05, 0) is 37.1 Å². The summed E-state index contributed by atoms with van der Waals surface area (Å²) in [6.45, 7) is 2.78. The van der Waals surface area contributed by atoms with Gasteiger partial charge >= 0.3 is 0 Å². The fourth-order valence-corrected chi connectivity index (χ4v) is 2.82. The number of nitrogens with two attached hydrogens (primary N) is 1. The lowest BCUT2D eigenvalue weighted by molar-refractivity contribution is 0.531. The largest absolute Gasteiger partial charge is 0.331 e. The van der Waals surface area contributed by atoms with E-state index in [1.54, 1.807) is 12.1 Å². The molecule has 0 aliphatic heterocycles. The Kier molecular flexibility index (Phi) is 4.15. The fraction of sp³-hybridized carbons (Fsp3) is 0.500. The van der Waals surface area contributed by atoms with E-state index in [-0.39, 0.29) is 0 Å². The number of nitrogens with zero attached hydrogens (tertiary/aromatic N) is 2. The number of sulfone groups is 1. The topological polar surface area (TPSA) is 78.0 Å². The molecule has 2 N–H and O–H groups in total. The first-order valence-corrected chi connectivity index (χ1v) is 8.57. The van der Waals surface area contributed by atoms with Crippen LogP contribution in [0.5, 0.6) is 0 Å². The van der Waals surface area contributed by atoms with Crippen LogP contribution < -0.4 is 5.73 Å². The summed E-state index contributed by atoms with van der Waals surface area (Å²) in [5.41, 5.74) is 7.30. The zero-order chi connectivity index (χ0) is 14.9. The van der Waals surface area contributed by atoms with Gasteiger partial charge in [-0.3, -0.25) is 0 Å². The highest BCUT2D eigenvalue weighted by molar-refractivity contribution is 7.90. The second kappa shape index (κ2) is 5.54. The van der Waals surface area contributed by atoms with Gasteiger partial charge in [-0.2, -0.15) is 0 Å². The normalized spacial score (nSPS) is 13.8. The lowest BCUT2D eigenvalue weighted by atomic mass is 10.1. The minimum atomic E-state index is -3.19. The van der Waals surface area contributed by atoms with E-state index in [1.165, 1.54) is 6.26 Å². The lowest BCUT2D eigenvalue weighted by Gasteiger charge is -2.07. The first-order chi connectivity index (χ1) is 9.32. The number of aromatic nitrogens is 2. The van der Waals surface area contributed by atoms with Gasteiger partial charge in [0.05, 0.1) is 15.9 Å². The molecule has 110 valence electrons. The molecular formula is C14H21N3O2S. The summed E-state index contributed by atoms with van der Waals surface area (Å²) in [4.78, 5) is 4.86. The maximum atomic E-state index is 11.6. The molecule has 0 saturated heterocycles. The molecule has 6 heteroatoms. The van der Waals surface area contributed by atoms with E-state index >= 15 is 0 Å². The van der Waals surface area contributed by atoms with E-state index < -0.39 is 9.84 Å². The molecule has 20 heavy (non-hydrogen) atoms. The second-order valence-electron chi connectivity index (χ2n) is 5.39. The van der Waals surface area contributed by atoms with Crippen molar-refractivity contribution in [3.05, 3.63) is 24.0 Å². The molecule has 1 aromatic heterocycles. The first-order valence-electron chi connectivity index (χ1n) is 6.68. The van der Waals surface area contributed by atoms with Crippen LogP contribution in [0.4, 0.5) is 0 Å². The summed E-state index contributed by atoms with van der Waals surface area (Å²) in [5.74, 6) is 1.42. The molecule has 2 aromatic rings. The third kappa shape index (κ3) is 3.02. The molecule has 0 fully saturated rings. The average molecular weight is 295 g/mol. The molecule has 0 aliphatic carbocycles. The summed E-state index contributed by atoms with van der Waals surface area (Å²) >= 11 is 0. The Labute approximate surface area is 119 Å². The summed E-state index contributed by atoms with van der Waals surface area (Å²) in [6.07, 6.45) is 3.03. The molecule has 1 heterocycles. The van der Waals surface area contributed by atoms with E-state index in [0.29, 0.717) is 17.4 Å². The molecule has 0 saturated carbocycles. The molecule has 0 radical (unpaired) electrons. The monoisotopic (exact) mass is 295 g/mol. The van der Waals surface area contributed by atoms with Crippen LogP contribution in [-0.4, -0.2) is 30.8 Å². The van der Waals surface area contributed by atoms with Gasteiger partial charge in [0.25, 0.3) is 0 Å². The van der Waals surface area contributed by atoms with Crippen molar-refractivity contribution in [3.63, 3.8) is 0 Å². The van der Waals surface area contributed by atoms with Crippen molar-refractivity contribution in [1.29, 1.82) is 0 Å². The number of hydrogen-bond acceptors (Lipinski definition) is 4. The Morgan fingerprint density at radius 3 is 2.70 bits per heavy atom. The zero-order valence-electron chi connectivity index (χ0n) is 12.1. The standard InChI is InChI=1S/C14H21N3O2S/c1-10(9-15)4-7-14-16-12-8-11(20(3,18)19)5-6-13(12)17(14)2/h5-6,8,10H,4,7,9,15H2,1-3H3. The van der Waals surface area contributed by atoms with Crippen molar-refractivity contribution >= 4 is 20.9 Å².